The monoisotopic (exact) mass is 210 g/mol. The van der Waals surface area contributed by atoms with E-state index in [2.05, 4.69) is 10.4 Å². The summed E-state index contributed by atoms with van der Waals surface area (Å²) in [5.74, 6) is 5.15. The van der Waals surface area contributed by atoms with Gasteiger partial charge in [0.05, 0.1) is 12.0 Å². The quantitative estimate of drug-likeness (QED) is 0.438. The summed E-state index contributed by atoms with van der Waals surface area (Å²) in [6.45, 7) is 7.83. The highest BCUT2D eigenvalue weighted by molar-refractivity contribution is 5.80. The van der Waals surface area contributed by atoms with Gasteiger partial charge < -0.3 is 4.57 Å². The van der Waals surface area contributed by atoms with Crippen molar-refractivity contribution in [3.63, 3.8) is 0 Å². The van der Waals surface area contributed by atoms with Gasteiger partial charge >= 0.3 is 0 Å². The lowest BCUT2D eigenvalue weighted by Crippen LogP contribution is -2.39. The normalized spacial score (nSPS) is 12.9. The average Bonchev–Trinajstić information content (AvgIpc) is 2.49. The van der Waals surface area contributed by atoms with Crippen LogP contribution < -0.4 is 11.3 Å². The third-order valence-corrected chi connectivity index (χ3v) is 2.63. The van der Waals surface area contributed by atoms with Crippen molar-refractivity contribution in [3.8, 4) is 0 Å². The van der Waals surface area contributed by atoms with Crippen molar-refractivity contribution in [2.75, 3.05) is 0 Å². The number of nitrogens with two attached hydrogens (primary N) is 1. The number of carbonyl (C=O) groups is 1. The molecule has 5 nitrogen and oxygen atoms in total. The van der Waals surface area contributed by atoms with Crippen molar-refractivity contribution in [1.82, 2.24) is 15.0 Å². The van der Waals surface area contributed by atoms with Crippen LogP contribution >= 0.6 is 0 Å². The molecule has 1 amide bonds. The van der Waals surface area contributed by atoms with E-state index < -0.39 is 0 Å². The minimum absolute atomic E-state index is 0.167. The minimum atomic E-state index is -0.295. The zero-order valence-corrected chi connectivity index (χ0v) is 9.61. The Labute approximate surface area is 89.6 Å². The van der Waals surface area contributed by atoms with Gasteiger partial charge in [-0.2, -0.15) is 0 Å². The van der Waals surface area contributed by atoms with E-state index in [0.717, 1.165) is 11.4 Å². The molecule has 3 N–H and O–H groups in total. The Hall–Kier alpha value is -1.36. The fourth-order valence-corrected chi connectivity index (χ4v) is 1.63. The molecule has 5 heteroatoms. The Bertz CT molecular complexity index is 356. The van der Waals surface area contributed by atoms with E-state index in [0.29, 0.717) is 0 Å². The van der Waals surface area contributed by atoms with Crippen molar-refractivity contribution < 1.29 is 4.79 Å². The molecule has 0 aliphatic rings. The number of amides is 1. The molecule has 0 aromatic carbocycles. The summed E-state index contributed by atoms with van der Waals surface area (Å²) >= 11 is 0. The average molecular weight is 210 g/mol. The smallest absolute Gasteiger partial charge is 0.257 e. The van der Waals surface area contributed by atoms with Crippen molar-refractivity contribution in [2.24, 2.45) is 11.8 Å². The van der Waals surface area contributed by atoms with Crippen LogP contribution in [0.5, 0.6) is 0 Å². The Morgan fingerprint density at radius 1 is 1.53 bits per heavy atom. The predicted octanol–water partition coefficient (Wildman–Crippen LogP) is 0.687. The van der Waals surface area contributed by atoms with Gasteiger partial charge in [0.2, 0.25) is 0 Å². The molecular formula is C10H18N4O. The number of nitrogens with zero attached hydrogens (tertiary/aromatic N) is 2. The van der Waals surface area contributed by atoms with Crippen LogP contribution in [0.4, 0.5) is 0 Å². The Kier molecular flexibility index (Phi) is 3.47. The van der Waals surface area contributed by atoms with Gasteiger partial charge in [0.15, 0.2) is 0 Å². The third kappa shape index (κ3) is 2.18. The van der Waals surface area contributed by atoms with E-state index in [1.54, 1.807) is 6.33 Å². The minimum Gasteiger partial charge on any atom is -0.322 e. The molecule has 1 aromatic rings. The Balaban J connectivity index is 3.10. The van der Waals surface area contributed by atoms with Crippen LogP contribution in [0.15, 0.2) is 6.33 Å². The molecule has 0 saturated heterocycles. The lowest BCUT2D eigenvalue weighted by molar-refractivity contribution is -0.125. The lowest BCUT2D eigenvalue weighted by Gasteiger charge is -2.21. The fraction of sp³-hybridized carbons (Fsp3) is 0.600. The van der Waals surface area contributed by atoms with E-state index in [4.69, 9.17) is 5.84 Å². The van der Waals surface area contributed by atoms with Gasteiger partial charge in [-0.25, -0.2) is 10.8 Å². The maximum Gasteiger partial charge on any atom is 0.257 e. The van der Waals surface area contributed by atoms with Gasteiger partial charge in [0.25, 0.3) is 5.91 Å². The first-order valence-corrected chi connectivity index (χ1v) is 4.99. The highest BCUT2D eigenvalue weighted by Crippen LogP contribution is 2.20. The molecule has 1 heterocycles. The molecule has 0 saturated carbocycles. The van der Waals surface area contributed by atoms with Crippen molar-refractivity contribution in [2.45, 2.75) is 33.7 Å². The third-order valence-electron chi connectivity index (χ3n) is 2.63. The van der Waals surface area contributed by atoms with Crippen LogP contribution in [0.2, 0.25) is 0 Å². The van der Waals surface area contributed by atoms with Gasteiger partial charge in [-0.15, -0.1) is 0 Å². The van der Waals surface area contributed by atoms with Crippen molar-refractivity contribution in [3.05, 3.63) is 17.7 Å². The molecule has 1 rings (SSSR count). The maximum absolute atomic E-state index is 11.6. The second kappa shape index (κ2) is 4.44. The molecule has 1 unspecified atom stereocenters. The van der Waals surface area contributed by atoms with Gasteiger partial charge in [0.1, 0.15) is 6.04 Å². The number of imidazole rings is 1. The number of rotatable bonds is 3. The zero-order chi connectivity index (χ0) is 11.6. The highest BCUT2D eigenvalue weighted by atomic mass is 16.2. The molecule has 0 spiro atoms. The second-order valence-electron chi connectivity index (χ2n) is 4.02. The number of hydrogen-bond donors (Lipinski definition) is 2. The molecule has 1 atom stereocenters. The lowest BCUT2D eigenvalue weighted by atomic mass is 10.0. The first kappa shape index (κ1) is 11.7. The summed E-state index contributed by atoms with van der Waals surface area (Å²) in [6.07, 6.45) is 1.69. The van der Waals surface area contributed by atoms with Crippen molar-refractivity contribution >= 4 is 5.91 Å². The molecule has 0 fully saturated rings. The van der Waals surface area contributed by atoms with E-state index in [1.807, 2.05) is 32.3 Å². The van der Waals surface area contributed by atoms with Gasteiger partial charge in [-0.3, -0.25) is 10.2 Å². The summed E-state index contributed by atoms with van der Waals surface area (Å²) in [5.41, 5.74) is 4.13. The molecule has 15 heavy (non-hydrogen) atoms. The molecule has 1 aromatic heterocycles. The highest BCUT2D eigenvalue weighted by Gasteiger charge is 2.24. The summed E-state index contributed by atoms with van der Waals surface area (Å²) in [6, 6.07) is -0.295. The maximum atomic E-state index is 11.6. The van der Waals surface area contributed by atoms with Gasteiger partial charge in [-0.1, -0.05) is 13.8 Å². The first-order valence-electron chi connectivity index (χ1n) is 4.99. The standard InChI is InChI=1S/C10H18N4O/c1-6(2)9(10(15)13-11)14-5-12-7(3)8(14)4/h5-6,9H,11H2,1-4H3,(H,13,15). The molecule has 0 aliphatic heterocycles. The number of aromatic nitrogens is 2. The number of hydrazine groups is 1. The van der Waals surface area contributed by atoms with E-state index >= 15 is 0 Å². The number of nitrogens with one attached hydrogen (secondary N) is 1. The van der Waals surface area contributed by atoms with Crippen molar-refractivity contribution in [1.29, 1.82) is 0 Å². The van der Waals surface area contributed by atoms with Crippen LogP contribution in [-0.2, 0) is 4.79 Å². The summed E-state index contributed by atoms with van der Waals surface area (Å²) in [5, 5.41) is 0. The fourth-order valence-electron chi connectivity index (χ4n) is 1.63. The summed E-state index contributed by atoms with van der Waals surface area (Å²) < 4.78 is 1.86. The Morgan fingerprint density at radius 3 is 2.47 bits per heavy atom. The van der Waals surface area contributed by atoms with Crippen LogP contribution in [0.1, 0.15) is 31.3 Å². The molecule has 0 bridgehead atoms. The molecule has 84 valence electrons. The van der Waals surface area contributed by atoms with Crippen LogP contribution in [0.3, 0.4) is 0 Å². The number of carbonyl (C=O) groups excluding carboxylic acids is 1. The number of aryl methyl sites for hydroxylation is 1. The van der Waals surface area contributed by atoms with Crippen LogP contribution in [0.25, 0.3) is 0 Å². The second-order valence-corrected chi connectivity index (χ2v) is 4.02. The van der Waals surface area contributed by atoms with E-state index in [9.17, 15) is 4.79 Å². The topological polar surface area (TPSA) is 72.9 Å². The Morgan fingerprint density at radius 2 is 2.13 bits per heavy atom. The molecule has 0 aliphatic carbocycles. The van der Waals surface area contributed by atoms with Gasteiger partial charge in [-0.05, 0) is 19.8 Å². The number of hydrogen-bond acceptors (Lipinski definition) is 3. The molecule has 0 radical (unpaired) electrons. The van der Waals surface area contributed by atoms with E-state index in [-0.39, 0.29) is 17.9 Å². The van der Waals surface area contributed by atoms with Crippen LogP contribution in [-0.4, -0.2) is 15.5 Å². The first-order chi connectivity index (χ1) is 6.99. The molecular weight excluding hydrogens is 192 g/mol. The zero-order valence-electron chi connectivity index (χ0n) is 9.61. The summed E-state index contributed by atoms with van der Waals surface area (Å²) in [4.78, 5) is 15.8. The largest absolute Gasteiger partial charge is 0.322 e. The summed E-state index contributed by atoms with van der Waals surface area (Å²) in [7, 11) is 0. The SMILES string of the molecule is Cc1ncn(C(C(=O)NN)C(C)C)c1C. The predicted molar refractivity (Wildman–Crippen MR) is 57.9 cm³/mol. The van der Waals surface area contributed by atoms with Crippen LogP contribution in [0, 0.1) is 19.8 Å². The van der Waals surface area contributed by atoms with Gasteiger partial charge in [0, 0.05) is 5.69 Å². The van der Waals surface area contributed by atoms with E-state index in [1.165, 1.54) is 0 Å².